The first-order valence-electron chi connectivity index (χ1n) is 7.08. The Kier molecular flexibility index (Phi) is 3.34. The maximum Gasteiger partial charge on any atom is 0.329 e. The van der Waals surface area contributed by atoms with Gasteiger partial charge >= 0.3 is 6.03 Å². The van der Waals surface area contributed by atoms with E-state index in [1.807, 2.05) is 13.0 Å². The summed E-state index contributed by atoms with van der Waals surface area (Å²) >= 11 is 0. The summed E-state index contributed by atoms with van der Waals surface area (Å²) < 4.78 is 5.41. The fourth-order valence-corrected chi connectivity index (χ4v) is 2.89. The summed E-state index contributed by atoms with van der Waals surface area (Å²) in [4.78, 5) is 25.7. The van der Waals surface area contributed by atoms with Crippen LogP contribution >= 0.6 is 0 Å². The van der Waals surface area contributed by atoms with E-state index in [2.05, 4.69) is 5.32 Å². The first-order chi connectivity index (χ1) is 9.65. The van der Waals surface area contributed by atoms with Gasteiger partial charge in [0, 0.05) is 12.1 Å². The second-order valence-electron chi connectivity index (χ2n) is 5.40. The second kappa shape index (κ2) is 5.15. The van der Waals surface area contributed by atoms with E-state index in [4.69, 9.17) is 4.42 Å². The number of hydrogen-bond donors (Lipinski definition) is 1. The van der Waals surface area contributed by atoms with Crippen LogP contribution < -0.4 is 5.32 Å². The van der Waals surface area contributed by atoms with E-state index in [-0.39, 0.29) is 18.0 Å². The molecule has 3 amide bonds. The van der Waals surface area contributed by atoms with Crippen LogP contribution in [0.15, 0.2) is 22.2 Å². The fourth-order valence-electron chi connectivity index (χ4n) is 2.89. The van der Waals surface area contributed by atoms with E-state index in [9.17, 15) is 9.59 Å². The lowest BCUT2D eigenvalue weighted by molar-refractivity contribution is -0.124. The Morgan fingerprint density at radius 3 is 2.65 bits per heavy atom. The minimum atomic E-state index is -0.309. The van der Waals surface area contributed by atoms with E-state index < -0.39 is 0 Å². The Bertz CT molecular complexity index is 567. The minimum absolute atomic E-state index is 0.0421. The standard InChI is InChI=1S/C15H18N2O3/c1-10-7-8-12(20-10)9-13-14(18)17(15(19)16-13)11-5-3-2-4-6-11/h7-9,11H,2-6H2,1H3,(H,16,19)/b13-9-. The molecule has 0 spiro atoms. The van der Waals surface area contributed by atoms with Gasteiger partial charge in [0.15, 0.2) is 0 Å². The lowest BCUT2D eigenvalue weighted by Gasteiger charge is -2.28. The zero-order valence-electron chi connectivity index (χ0n) is 11.5. The van der Waals surface area contributed by atoms with Gasteiger partial charge in [-0.15, -0.1) is 0 Å². The molecule has 0 unspecified atom stereocenters. The molecule has 1 N–H and O–H groups in total. The summed E-state index contributed by atoms with van der Waals surface area (Å²) in [6.45, 7) is 1.84. The predicted octanol–water partition coefficient (Wildman–Crippen LogP) is 2.81. The van der Waals surface area contributed by atoms with Crippen LogP contribution in [-0.4, -0.2) is 22.9 Å². The number of urea groups is 1. The Hall–Kier alpha value is -2.04. The van der Waals surface area contributed by atoms with Crippen molar-refractivity contribution in [2.75, 3.05) is 0 Å². The molecule has 1 saturated heterocycles. The Morgan fingerprint density at radius 1 is 1.25 bits per heavy atom. The van der Waals surface area contributed by atoms with E-state index in [1.54, 1.807) is 12.1 Å². The Labute approximate surface area is 117 Å². The molecule has 3 rings (SSSR count). The molecule has 20 heavy (non-hydrogen) atoms. The van der Waals surface area contributed by atoms with E-state index >= 15 is 0 Å². The molecule has 2 fully saturated rings. The third-order valence-electron chi connectivity index (χ3n) is 3.90. The number of furan rings is 1. The number of amides is 3. The van der Waals surface area contributed by atoms with Crippen molar-refractivity contribution in [3.05, 3.63) is 29.4 Å². The number of nitrogens with one attached hydrogen (secondary N) is 1. The molecule has 0 bridgehead atoms. The zero-order chi connectivity index (χ0) is 14.1. The molecule has 0 radical (unpaired) electrons. The van der Waals surface area contributed by atoms with Crippen LogP contribution in [0, 0.1) is 6.92 Å². The van der Waals surface area contributed by atoms with Crippen LogP contribution in [0.2, 0.25) is 0 Å². The van der Waals surface area contributed by atoms with E-state index in [0.717, 1.165) is 31.4 Å². The van der Waals surface area contributed by atoms with Gasteiger partial charge in [-0.1, -0.05) is 19.3 Å². The number of hydrogen-bond acceptors (Lipinski definition) is 3. The molecule has 106 valence electrons. The molecule has 2 aliphatic rings. The van der Waals surface area contributed by atoms with Crippen LogP contribution in [0.4, 0.5) is 4.79 Å². The van der Waals surface area contributed by atoms with Gasteiger partial charge in [-0.3, -0.25) is 9.69 Å². The monoisotopic (exact) mass is 274 g/mol. The predicted molar refractivity (Wildman–Crippen MR) is 73.7 cm³/mol. The van der Waals surface area contributed by atoms with Gasteiger partial charge in [-0.2, -0.15) is 0 Å². The lowest BCUT2D eigenvalue weighted by atomic mass is 9.94. The van der Waals surface area contributed by atoms with Crippen LogP contribution in [-0.2, 0) is 4.79 Å². The summed E-state index contributed by atoms with van der Waals surface area (Å²) in [5.41, 5.74) is 0.301. The smallest absolute Gasteiger partial charge is 0.329 e. The SMILES string of the molecule is Cc1ccc(/C=C2\NC(=O)N(C3CCCCC3)C2=O)o1. The summed E-state index contributed by atoms with van der Waals surface area (Å²) in [5, 5.41) is 2.65. The summed E-state index contributed by atoms with van der Waals surface area (Å²) in [6, 6.07) is 3.34. The number of aryl methyl sites for hydroxylation is 1. The topological polar surface area (TPSA) is 62.6 Å². The van der Waals surface area contributed by atoms with E-state index in [0.29, 0.717) is 11.5 Å². The molecule has 1 saturated carbocycles. The molecule has 1 aliphatic carbocycles. The molecular weight excluding hydrogens is 256 g/mol. The first kappa shape index (κ1) is 13.0. The van der Waals surface area contributed by atoms with Gasteiger partial charge in [0.1, 0.15) is 17.2 Å². The number of nitrogens with zero attached hydrogens (tertiary/aromatic N) is 1. The van der Waals surface area contributed by atoms with Crippen molar-refractivity contribution in [2.45, 2.75) is 45.1 Å². The third-order valence-corrected chi connectivity index (χ3v) is 3.90. The average molecular weight is 274 g/mol. The highest BCUT2D eigenvalue weighted by molar-refractivity contribution is 6.14. The van der Waals surface area contributed by atoms with Crippen molar-refractivity contribution in [3.8, 4) is 0 Å². The van der Waals surface area contributed by atoms with Crippen molar-refractivity contribution < 1.29 is 14.0 Å². The molecule has 5 nitrogen and oxygen atoms in total. The second-order valence-corrected chi connectivity index (χ2v) is 5.40. The minimum Gasteiger partial charge on any atom is -0.462 e. The highest BCUT2D eigenvalue weighted by Gasteiger charge is 2.39. The van der Waals surface area contributed by atoms with E-state index in [1.165, 1.54) is 11.3 Å². The molecule has 0 aromatic carbocycles. The highest BCUT2D eigenvalue weighted by atomic mass is 16.3. The lowest BCUT2D eigenvalue weighted by Crippen LogP contribution is -2.41. The van der Waals surface area contributed by atoms with Gasteiger partial charge in [0.05, 0.1) is 0 Å². The van der Waals surface area contributed by atoms with Crippen LogP contribution in [0.1, 0.15) is 43.6 Å². The Balaban J connectivity index is 1.81. The van der Waals surface area contributed by atoms with Gasteiger partial charge in [-0.05, 0) is 31.9 Å². The maximum atomic E-state index is 12.4. The summed E-state index contributed by atoms with van der Waals surface area (Å²) in [6.07, 6.45) is 6.76. The van der Waals surface area contributed by atoms with Crippen LogP contribution in [0.5, 0.6) is 0 Å². The fraction of sp³-hybridized carbons (Fsp3) is 0.467. The third kappa shape index (κ3) is 2.35. The van der Waals surface area contributed by atoms with Crippen molar-refractivity contribution >= 4 is 18.0 Å². The Morgan fingerprint density at radius 2 is 2.00 bits per heavy atom. The molecular formula is C15H18N2O3. The van der Waals surface area contributed by atoms with Crippen molar-refractivity contribution in [1.82, 2.24) is 10.2 Å². The highest BCUT2D eigenvalue weighted by Crippen LogP contribution is 2.26. The molecule has 0 atom stereocenters. The summed E-state index contributed by atoms with van der Waals surface area (Å²) in [7, 11) is 0. The number of imide groups is 1. The van der Waals surface area contributed by atoms with Crippen molar-refractivity contribution in [1.29, 1.82) is 0 Å². The first-order valence-corrected chi connectivity index (χ1v) is 7.08. The molecule has 2 heterocycles. The van der Waals surface area contributed by atoms with Crippen LogP contribution in [0.25, 0.3) is 6.08 Å². The number of rotatable bonds is 2. The number of carbonyl (C=O) groups is 2. The van der Waals surface area contributed by atoms with Crippen molar-refractivity contribution in [2.24, 2.45) is 0 Å². The summed E-state index contributed by atoms with van der Waals surface area (Å²) in [5.74, 6) is 1.12. The molecule has 1 aromatic heterocycles. The zero-order valence-corrected chi connectivity index (χ0v) is 11.5. The normalized spacial score (nSPS) is 22.6. The molecule has 1 aromatic rings. The molecule has 5 heteroatoms. The van der Waals surface area contributed by atoms with Crippen molar-refractivity contribution in [3.63, 3.8) is 0 Å². The van der Waals surface area contributed by atoms with Crippen LogP contribution in [0.3, 0.4) is 0 Å². The van der Waals surface area contributed by atoms with Gasteiger partial charge in [0.25, 0.3) is 5.91 Å². The molecule has 1 aliphatic heterocycles. The maximum absolute atomic E-state index is 12.4. The largest absolute Gasteiger partial charge is 0.462 e. The van der Waals surface area contributed by atoms with Gasteiger partial charge in [0.2, 0.25) is 0 Å². The number of carbonyl (C=O) groups excluding carboxylic acids is 2. The quantitative estimate of drug-likeness (QED) is 0.666. The average Bonchev–Trinajstić information content (AvgIpc) is 2.96. The van der Waals surface area contributed by atoms with Gasteiger partial charge < -0.3 is 9.73 Å². The van der Waals surface area contributed by atoms with Gasteiger partial charge in [-0.25, -0.2) is 4.79 Å².